The van der Waals surface area contributed by atoms with E-state index in [4.69, 9.17) is 17.3 Å². The number of hydrogen-bond acceptors (Lipinski definition) is 3. The maximum Gasteiger partial charge on any atom is 0.111 e. The van der Waals surface area contributed by atoms with Crippen LogP contribution in [0.5, 0.6) is 0 Å². The lowest BCUT2D eigenvalue weighted by Gasteiger charge is -2.24. The highest BCUT2D eigenvalue weighted by Gasteiger charge is 2.25. The standard InChI is InChI=1S/C12H15ClN2S/c1-12(2,3)10(14)11-15-8-5-4-7(13)6-9(8)16-11/h4-6,10H,14H2,1-3H3. The quantitative estimate of drug-likeness (QED) is 0.836. The Labute approximate surface area is 104 Å². The van der Waals surface area contributed by atoms with E-state index in [1.165, 1.54) is 0 Å². The van der Waals surface area contributed by atoms with Gasteiger partial charge in [-0.25, -0.2) is 4.98 Å². The first kappa shape index (κ1) is 11.8. The van der Waals surface area contributed by atoms with Gasteiger partial charge in [-0.3, -0.25) is 0 Å². The summed E-state index contributed by atoms with van der Waals surface area (Å²) in [5.41, 5.74) is 7.19. The smallest absolute Gasteiger partial charge is 0.111 e. The van der Waals surface area contributed by atoms with E-state index >= 15 is 0 Å². The van der Waals surface area contributed by atoms with Crippen molar-refractivity contribution in [2.75, 3.05) is 0 Å². The number of rotatable bonds is 1. The highest BCUT2D eigenvalue weighted by molar-refractivity contribution is 7.18. The Hall–Kier alpha value is -0.640. The minimum absolute atomic E-state index is 0.0255. The topological polar surface area (TPSA) is 38.9 Å². The highest BCUT2D eigenvalue weighted by Crippen LogP contribution is 2.35. The maximum absolute atomic E-state index is 6.19. The molecule has 2 aromatic rings. The van der Waals surface area contributed by atoms with E-state index in [1.807, 2.05) is 18.2 Å². The molecule has 0 aliphatic rings. The third-order valence-electron chi connectivity index (χ3n) is 2.57. The van der Waals surface area contributed by atoms with Crippen LogP contribution < -0.4 is 5.73 Å². The second kappa shape index (κ2) is 3.99. The van der Waals surface area contributed by atoms with Gasteiger partial charge in [-0.15, -0.1) is 11.3 Å². The minimum Gasteiger partial charge on any atom is -0.322 e. The zero-order valence-corrected chi connectivity index (χ0v) is 11.2. The lowest BCUT2D eigenvalue weighted by atomic mass is 9.88. The Morgan fingerprint density at radius 1 is 1.38 bits per heavy atom. The van der Waals surface area contributed by atoms with Gasteiger partial charge in [0, 0.05) is 5.02 Å². The van der Waals surface area contributed by atoms with Crippen molar-refractivity contribution >= 4 is 33.2 Å². The van der Waals surface area contributed by atoms with Crippen LogP contribution in [0.15, 0.2) is 18.2 Å². The third-order valence-corrected chi connectivity index (χ3v) is 3.90. The zero-order valence-electron chi connectivity index (χ0n) is 9.62. The summed E-state index contributed by atoms with van der Waals surface area (Å²) in [6, 6.07) is 5.69. The largest absolute Gasteiger partial charge is 0.322 e. The Kier molecular flexibility index (Phi) is 2.95. The fourth-order valence-corrected chi connectivity index (χ4v) is 2.91. The SMILES string of the molecule is CC(C)(C)C(N)c1nc2ccc(Cl)cc2s1. The number of aromatic nitrogens is 1. The van der Waals surface area contributed by atoms with Crippen molar-refractivity contribution in [3.05, 3.63) is 28.2 Å². The molecule has 0 aliphatic carbocycles. The number of fused-ring (bicyclic) bond motifs is 1. The third kappa shape index (κ3) is 2.21. The molecule has 0 spiro atoms. The van der Waals surface area contributed by atoms with Gasteiger partial charge in [-0.2, -0.15) is 0 Å². The number of nitrogens with two attached hydrogens (primary N) is 1. The molecule has 0 amide bonds. The number of thiazole rings is 1. The first-order valence-corrected chi connectivity index (χ1v) is 6.39. The molecular formula is C12H15ClN2S. The molecule has 1 heterocycles. The fraction of sp³-hybridized carbons (Fsp3) is 0.417. The molecule has 1 aromatic carbocycles. The van der Waals surface area contributed by atoms with Gasteiger partial charge in [-0.05, 0) is 23.6 Å². The molecule has 2 nitrogen and oxygen atoms in total. The van der Waals surface area contributed by atoms with E-state index in [1.54, 1.807) is 11.3 Å². The molecule has 0 fully saturated rings. The van der Waals surface area contributed by atoms with Gasteiger partial charge >= 0.3 is 0 Å². The lowest BCUT2D eigenvalue weighted by Crippen LogP contribution is -2.25. The van der Waals surface area contributed by atoms with Crippen LogP contribution in [0.25, 0.3) is 10.2 Å². The van der Waals surface area contributed by atoms with Gasteiger partial charge in [0.15, 0.2) is 0 Å². The predicted octanol–water partition coefficient (Wildman–Crippen LogP) is 4.00. The number of halogens is 1. The Morgan fingerprint density at radius 2 is 2.06 bits per heavy atom. The van der Waals surface area contributed by atoms with Crippen LogP contribution in [-0.4, -0.2) is 4.98 Å². The van der Waals surface area contributed by atoms with E-state index in [0.29, 0.717) is 0 Å². The summed E-state index contributed by atoms with van der Waals surface area (Å²) in [6.07, 6.45) is 0. The van der Waals surface area contributed by atoms with Crippen LogP contribution >= 0.6 is 22.9 Å². The van der Waals surface area contributed by atoms with Crippen LogP contribution in [0, 0.1) is 5.41 Å². The van der Waals surface area contributed by atoms with Gasteiger partial charge in [-0.1, -0.05) is 32.4 Å². The summed E-state index contributed by atoms with van der Waals surface area (Å²) in [6.45, 7) is 6.37. The van der Waals surface area contributed by atoms with E-state index in [9.17, 15) is 0 Å². The monoisotopic (exact) mass is 254 g/mol. The molecule has 0 aliphatic heterocycles. The summed E-state index contributed by atoms with van der Waals surface area (Å²) < 4.78 is 1.10. The Balaban J connectivity index is 2.47. The molecule has 0 bridgehead atoms. The predicted molar refractivity (Wildman–Crippen MR) is 71.0 cm³/mol. The Morgan fingerprint density at radius 3 is 2.69 bits per heavy atom. The zero-order chi connectivity index (χ0) is 11.9. The lowest BCUT2D eigenvalue weighted by molar-refractivity contribution is 0.326. The van der Waals surface area contributed by atoms with Crippen molar-refractivity contribution in [1.29, 1.82) is 0 Å². The van der Waals surface area contributed by atoms with Crippen LogP contribution in [0.2, 0.25) is 5.02 Å². The minimum atomic E-state index is -0.0383. The number of benzene rings is 1. The number of hydrogen-bond donors (Lipinski definition) is 1. The molecule has 0 saturated heterocycles. The second-order valence-corrected chi connectivity index (χ2v) is 6.51. The molecule has 0 saturated carbocycles. The van der Waals surface area contributed by atoms with Crippen molar-refractivity contribution in [2.45, 2.75) is 26.8 Å². The van der Waals surface area contributed by atoms with Crippen molar-refractivity contribution in [3.63, 3.8) is 0 Å². The second-order valence-electron chi connectivity index (χ2n) is 5.01. The Bertz CT molecular complexity index is 513. The fourth-order valence-electron chi connectivity index (χ4n) is 1.42. The summed E-state index contributed by atoms with van der Waals surface area (Å²) in [5.74, 6) is 0. The average molecular weight is 255 g/mol. The van der Waals surface area contributed by atoms with Crippen molar-refractivity contribution in [2.24, 2.45) is 11.1 Å². The van der Waals surface area contributed by atoms with Gasteiger partial charge in [0.2, 0.25) is 0 Å². The average Bonchev–Trinajstić information content (AvgIpc) is 2.57. The molecule has 2 rings (SSSR count). The molecular weight excluding hydrogens is 240 g/mol. The first-order chi connectivity index (χ1) is 7.38. The van der Waals surface area contributed by atoms with Crippen LogP contribution in [0.4, 0.5) is 0 Å². The van der Waals surface area contributed by atoms with Crippen molar-refractivity contribution in [1.82, 2.24) is 4.98 Å². The molecule has 2 N–H and O–H groups in total. The van der Waals surface area contributed by atoms with Gasteiger partial charge < -0.3 is 5.73 Å². The number of nitrogens with zero attached hydrogens (tertiary/aromatic N) is 1. The van der Waals surface area contributed by atoms with Gasteiger partial charge in [0.25, 0.3) is 0 Å². The van der Waals surface area contributed by atoms with Gasteiger partial charge in [0.05, 0.1) is 16.3 Å². The van der Waals surface area contributed by atoms with Crippen molar-refractivity contribution in [3.8, 4) is 0 Å². The van der Waals surface area contributed by atoms with E-state index in [0.717, 1.165) is 20.2 Å². The molecule has 0 radical (unpaired) electrons. The van der Waals surface area contributed by atoms with Gasteiger partial charge in [0.1, 0.15) is 5.01 Å². The molecule has 1 unspecified atom stereocenters. The molecule has 16 heavy (non-hydrogen) atoms. The summed E-state index contributed by atoms with van der Waals surface area (Å²) in [5, 5.41) is 1.72. The summed E-state index contributed by atoms with van der Waals surface area (Å²) >= 11 is 7.57. The van der Waals surface area contributed by atoms with Crippen molar-refractivity contribution < 1.29 is 0 Å². The van der Waals surface area contributed by atoms with Crippen LogP contribution in [0.1, 0.15) is 31.8 Å². The molecule has 1 aromatic heterocycles. The molecule has 4 heteroatoms. The highest BCUT2D eigenvalue weighted by atomic mass is 35.5. The summed E-state index contributed by atoms with van der Waals surface area (Å²) in [7, 11) is 0. The molecule has 86 valence electrons. The van der Waals surface area contributed by atoms with Crippen LogP contribution in [-0.2, 0) is 0 Å². The van der Waals surface area contributed by atoms with E-state index in [-0.39, 0.29) is 11.5 Å². The normalized spacial score (nSPS) is 14.3. The molecule has 1 atom stereocenters. The van der Waals surface area contributed by atoms with Crippen LogP contribution in [0.3, 0.4) is 0 Å². The van der Waals surface area contributed by atoms with E-state index in [2.05, 4.69) is 25.8 Å². The summed E-state index contributed by atoms with van der Waals surface area (Å²) in [4.78, 5) is 4.56. The van der Waals surface area contributed by atoms with E-state index < -0.39 is 0 Å². The first-order valence-electron chi connectivity index (χ1n) is 5.19. The maximum atomic E-state index is 6.19.